The first-order chi connectivity index (χ1) is 7.99. The fourth-order valence-corrected chi connectivity index (χ4v) is 1.50. The molecule has 0 aliphatic carbocycles. The summed E-state index contributed by atoms with van der Waals surface area (Å²) in [7, 11) is 1.56. The van der Waals surface area contributed by atoms with E-state index in [-0.39, 0.29) is 12.8 Å². The van der Waals surface area contributed by atoms with Gasteiger partial charge in [0, 0.05) is 13.5 Å². The zero-order valence-electron chi connectivity index (χ0n) is 11.5. The molecule has 0 rings (SSSR count). The lowest BCUT2D eigenvalue weighted by Crippen LogP contribution is -2.38. The van der Waals surface area contributed by atoms with Gasteiger partial charge in [0.15, 0.2) is 5.60 Å². The lowest BCUT2D eigenvalue weighted by Gasteiger charge is -2.29. The molecular formula is C13H24O4. The molecule has 0 aliphatic heterocycles. The zero-order chi connectivity index (χ0) is 13.3. The van der Waals surface area contributed by atoms with Crippen molar-refractivity contribution in [2.45, 2.75) is 46.1 Å². The molecule has 0 saturated heterocycles. The van der Waals surface area contributed by atoms with Crippen LogP contribution in [-0.4, -0.2) is 32.1 Å². The molecule has 0 saturated carbocycles. The molecule has 0 aromatic rings. The van der Waals surface area contributed by atoms with Crippen molar-refractivity contribution in [1.82, 2.24) is 0 Å². The molecule has 0 spiro atoms. The Bertz CT molecular complexity index is 256. The Balaban J connectivity index is 4.74. The molecule has 0 bridgehead atoms. The summed E-state index contributed by atoms with van der Waals surface area (Å²) >= 11 is 0. The highest BCUT2D eigenvalue weighted by molar-refractivity contribution is 5.69. The van der Waals surface area contributed by atoms with Crippen LogP contribution < -0.4 is 0 Å². The summed E-state index contributed by atoms with van der Waals surface area (Å²) in [6, 6.07) is 0. The third kappa shape index (κ3) is 6.44. The van der Waals surface area contributed by atoms with Gasteiger partial charge in [-0.05, 0) is 26.3 Å². The highest BCUT2D eigenvalue weighted by atomic mass is 16.7. The van der Waals surface area contributed by atoms with E-state index < -0.39 is 5.60 Å². The van der Waals surface area contributed by atoms with Crippen LogP contribution in [0.1, 0.15) is 40.5 Å². The van der Waals surface area contributed by atoms with Crippen LogP contribution in [0.3, 0.4) is 0 Å². The van der Waals surface area contributed by atoms with Crippen molar-refractivity contribution in [3.8, 4) is 0 Å². The van der Waals surface area contributed by atoms with E-state index in [4.69, 9.17) is 14.2 Å². The van der Waals surface area contributed by atoms with Gasteiger partial charge >= 0.3 is 5.97 Å². The van der Waals surface area contributed by atoms with Gasteiger partial charge in [0.25, 0.3) is 0 Å². The third-order valence-electron chi connectivity index (χ3n) is 2.30. The quantitative estimate of drug-likeness (QED) is 0.285. The van der Waals surface area contributed by atoms with Gasteiger partial charge in [-0.1, -0.05) is 19.4 Å². The van der Waals surface area contributed by atoms with Crippen molar-refractivity contribution >= 4 is 5.97 Å². The minimum atomic E-state index is -0.676. The molecule has 0 N–H and O–H groups in total. The fourth-order valence-electron chi connectivity index (χ4n) is 1.50. The normalized spacial score (nSPS) is 13.9. The fraction of sp³-hybridized carbons (Fsp3) is 0.769. The number of rotatable bonds is 8. The summed E-state index contributed by atoms with van der Waals surface area (Å²) in [5, 5.41) is 0. The van der Waals surface area contributed by atoms with Gasteiger partial charge in [-0.25, -0.2) is 0 Å². The summed E-state index contributed by atoms with van der Waals surface area (Å²) < 4.78 is 15.7. The molecular weight excluding hydrogens is 220 g/mol. The van der Waals surface area contributed by atoms with E-state index in [1.54, 1.807) is 14.0 Å². The van der Waals surface area contributed by atoms with Gasteiger partial charge in [0.05, 0.1) is 6.61 Å². The summed E-state index contributed by atoms with van der Waals surface area (Å²) in [5.41, 5.74) is 0.418. The summed E-state index contributed by atoms with van der Waals surface area (Å²) in [4.78, 5) is 11.5. The number of hydrogen-bond acceptors (Lipinski definition) is 4. The van der Waals surface area contributed by atoms with Crippen molar-refractivity contribution in [2.24, 2.45) is 0 Å². The minimum Gasteiger partial charge on any atom is -0.452 e. The molecule has 1 unspecified atom stereocenters. The number of allylic oxidation sites excluding steroid dienone is 1. The lowest BCUT2D eigenvalue weighted by atomic mass is 9.98. The molecule has 0 radical (unpaired) electrons. The largest absolute Gasteiger partial charge is 0.452 e. The predicted molar refractivity (Wildman–Crippen MR) is 66.7 cm³/mol. The molecule has 4 nitrogen and oxygen atoms in total. The predicted octanol–water partition coefficient (Wildman–Crippen LogP) is 2.68. The first kappa shape index (κ1) is 16.1. The zero-order valence-corrected chi connectivity index (χ0v) is 11.5. The first-order valence-electron chi connectivity index (χ1n) is 5.94. The molecule has 0 aromatic heterocycles. The number of hydrogen-bond donors (Lipinski definition) is 0. The first-order valence-corrected chi connectivity index (χ1v) is 5.94. The van der Waals surface area contributed by atoms with Gasteiger partial charge in [-0.3, -0.25) is 4.79 Å². The van der Waals surface area contributed by atoms with Gasteiger partial charge in [0.1, 0.15) is 6.79 Å². The third-order valence-corrected chi connectivity index (χ3v) is 2.30. The van der Waals surface area contributed by atoms with Crippen LogP contribution in [-0.2, 0) is 19.0 Å². The Hall–Kier alpha value is -0.870. The molecule has 0 aliphatic rings. The second-order valence-electron chi connectivity index (χ2n) is 4.22. The smallest absolute Gasteiger partial charge is 0.306 e. The SMILES string of the molecule is CCC(=O)OC(C=C(C)C)(CC)COCOC. The molecule has 1 atom stereocenters. The molecule has 0 heterocycles. The maximum atomic E-state index is 11.5. The number of carbonyl (C=O) groups excluding carboxylic acids is 1. The van der Waals surface area contributed by atoms with Gasteiger partial charge in [-0.2, -0.15) is 0 Å². The summed E-state index contributed by atoms with van der Waals surface area (Å²) in [6.45, 7) is 8.21. The Morgan fingerprint density at radius 2 is 1.94 bits per heavy atom. The van der Waals surface area contributed by atoms with Gasteiger partial charge in [0.2, 0.25) is 0 Å². The average Bonchev–Trinajstić information content (AvgIpc) is 2.28. The van der Waals surface area contributed by atoms with Gasteiger partial charge < -0.3 is 14.2 Å². The maximum Gasteiger partial charge on any atom is 0.306 e. The molecule has 0 aromatic carbocycles. The number of methoxy groups -OCH3 is 1. The number of esters is 1. The number of ether oxygens (including phenoxy) is 3. The average molecular weight is 244 g/mol. The highest BCUT2D eigenvalue weighted by Gasteiger charge is 2.30. The number of carbonyl (C=O) groups is 1. The van der Waals surface area contributed by atoms with Crippen molar-refractivity contribution in [2.75, 3.05) is 20.5 Å². The van der Waals surface area contributed by atoms with Gasteiger partial charge in [-0.15, -0.1) is 0 Å². The molecule has 100 valence electrons. The molecule has 4 heteroatoms. The maximum absolute atomic E-state index is 11.5. The monoisotopic (exact) mass is 244 g/mol. The van der Waals surface area contributed by atoms with E-state index in [0.29, 0.717) is 19.4 Å². The topological polar surface area (TPSA) is 44.8 Å². The standard InChI is InChI=1S/C13H24O4/c1-6-12(14)17-13(7-2,8-11(3)4)9-16-10-15-5/h8H,6-7,9-10H2,1-5H3. The van der Waals surface area contributed by atoms with Crippen LogP contribution in [0.4, 0.5) is 0 Å². The minimum absolute atomic E-state index is 0.196. The van der Waals surface area contributed by atoms with Crippen molar-refractivity contribution in [3.63, 3.8) is 0 Å². The van der Waals surface area contributed by atoms with Crippen LogP contribution >= 0.6 is 0 Å². The van der Waals surface area contributed by atoms with Crippen molar-refractivity contribution in [3.05, 3.63) is 11.6 Å². The van der Waals surface area contributed by atoms with Crippen molar-refractivity contribution < 1.29 is 19.0 Å². The lowest BCUT2D eigenvalue weighted by molar-refractivity contribution is -0.164. The molecule has 0 amide bonds. The van der Waals surface area contributed by atoms with E-state index >= 15 is 0 Å². The Morgan fingerprint density at radius 3 is 2.35 bits per heavy atom. The summed E-state index contributed by atoms with van der Waals surface area (Å²) in [5.74, 6) is -0.217. The van der Waals surface area contributed by atoms with E-state index in [9.17, 15) is 4.79 Å². The van der Waals surface area contributed by atoms with Crippen LogP contribution in [0.25, 0.3) is 0 Å². The van der Waals surface area contributed by atoms with Crippen molar-refractivity contribution in [1.29, 1.82) is 0 Å². The second kappa shape index (κ2) is 8.25. The van der Waals surface area contributed by atoms with Crippen LogP contribution in [0.5, 0.6) is 0 Å². The van der Waals surface area contributed by atoms with Crippen LogP contribution in [0, 0.1) is 0 Å². The Labute approximate surface area is 104 Å². The highest BCUT2D eigenvalue weighted by Crippen LogP contribution is 2.21. The Kier molecular flexibility index (Phi) is 7.83. The second-order valence-corrected chi connectivity index (χ2v) is 4.22. The van der Waals surface area contributed by atoms with E-state index in [1.807, 2.05) is 26.8 Å². The van der Waals surface area contributed by atoms with Crippen LogP contribution in [0.2, 0.25) is 0 Å². The molecule has 17 heavy (non-hydrogen) atoms. The van der Waals surface area contributed by atoms with E-state index in [1.165, 1.54) is 0 Å². The van der Waals surface area contributed by atoms with E-state index in [2.05, 4.69) is 0 Å². The van der Waals surface area contributed by atoms with Crippen LogP contribution in [0.15, 0.2) is 11.6 Å². The summed E-state index contributed by atoms with van der Waals surface area (Å²) in [6.07, 6.45) is 2.98. The molecule has 0 fully saturated rings. The Morgan fingerprint density at radius 1 is 1.29 bits per heavy atom. The van der Waals surface area contributed by atoms with E-state index in [0.717, 1.165) is 5.57 Å².